The van der Waals surface area contributed by atoms with E-state index in [9.17, 15) is 9.36 Å². The van der Waals surface area contributed by atoms with E-state index < -0.39 is 13.6 Å². The van der Waals surface area contributed by atoms with Gasteiger partial charge in [-0.1, -0.05) is 54.6 Å². The molecule has 1 unspecified atom stereocenters. The van der Waals surface area contributed by atoms with Crippen molar-refractivity contribution in [2.24, 2.45) is 0 Å². The van der Waals surface area contributed by atoms with E-state index in [0.717, 1.165) is 25.9 Å². The second-order valence-electron chi connectivity index (χ2n) is 12.7. The molecule has 0 bridgehead atoms. The number of carboxylic acids is 1. The summed E-state index contributed by atoms with van der Waals surface area (Å²) in [5.74, 6) is -0.732. The van der Waals surface area contributed by atoms with Gasteiger partial charge in [-0.3, -0.25) is 9.36 Å². The third-order valence-corrected chi connectivity index (χ3v) is 11.4. The highest BCUT2D eigenvalue weighted by atomic mass is 31.2. The van der Waals surface area contributed by atoms with E-state index in [1.54, 1.807) is 0 Å². The van der Waals surface area contributed by atoms with Gasteiger partial charge in [-0.15, -0.1) is 0 Å². The van der Waals surface area contributed by atoms with Gasteiger partial charge in [-0.05, 0) is 78.5 Å². The molecule has 1 atom stereocenters. The van der Waals surface area contributed by atoms with Crippen LogP contribution in [0.1, 0.15) is 84.8 Å². The second-order valence-corrected chi connectivity index (χ2v) is 14.9. The summed E-state index contributed by atoms with van der Waals surface area (Å²) < 4.78 is 27.2. The SMILES string of the molecule is CCOP(=O)(CCC1(C)C(=CC=CC=CC2=[N+](CCCCCC(=O)O)c3ccccc3C2(C)C)N(CC)c2ccccc21)OCC. The fraction of sp³-hybridized carbons (Fsp3) is 0.474. The van der Waals surface area contributed by atoms with Crippen LogP contribution in [0.25, 0.3) is 0 Å². The van der Waals surface area contributed by atoms with E-state index >= 15 is 0 Å². The summed E-state index contributed by atoms with van der Waals surface area (Å²) in [6.07, 6.45) is 14.4. The number of para-hydroxylation sites is 2. The molecule has 0 fully saturated rings. The molecule has 0 aromatic heterocycles. The van der Waals surface area contributed by atoms with Crippen LogP contribution in [-0.4, -0.2) is 53.8 Å². The highest BCUT2D eigenvalue weighted by Gasteiger charge is 2.45. The minimum Gasteiger partial charge on any atom is -0.481 e. The van der Waals surface area contributed by atoms with E-state index in [-0.39, 0.29) is 17.3 Å². The van der Waals surface area contributed by atoms with Gasteiger partial charge in [0.25, 0.3) is 0 Å². The highest BCUT2D eigenvalue weighted by molar-refractivity contribution is 7.53. The van der Waals surface area contributed by atoms with Crippen LogP contribution in [0.4, 0.5) is 11.4 Å². The van der Waals surface area contributed by atoms with E-state index in [1.165, 1.54) is 33.9 Å². The van der Waals surface area contributed by atoms with E-state index in [2.05, 4.69) is 116 Å². The molecule has 2 heterocycles. The molecule has 0 aliphatic carbocycles. The average molecular weight is 648 g/mol. The van der Waals surface area contributed by atoms with Crippen LogP contribution >= 0.6 is 7.60 Å². The van der Waals surface area contributed by atoms with Crippen molar-refractivity contribution >= 4 is 30.7 Å². The van der Waals surface area contributed by atoms with Crippen molar-refractivity contribution in [1.82, 2.24) is 0 Å². The van der Waals surface area contributed by atoms with Crippen LogP contribution in [0.5, 0.6) is 0 Å². The maximum Gasteiger partial charge on any atom is 0.330 e. The Bertz CT molecular complexity index is 1550. The third-order valence-electron chi connectivity index (χ3n) is 9.30. The lowest BCUT2D eigenvalue weighted by atomic mass is 9.79. The van der Waals surface area contributed by atoms with Crippen molar-refractivity contribution in [2.45, 2.75) is 84.5 Å². The zero-order valence-corrected chi connectivity index (χ0v) is 29.4. The molecule has 46 heavy (non-hydrogen) atoms. The summed E-state index contributed by atoms with van der Waals surface area (Å²) in [6, 6.07) is 17.1. The molecule has 2 aliphatic heterocycles. The molecule has 7 nitrogen and oxygen atoms in total. The van der Waals surface area contributed by atoms with Gasteiger partial charge in [0.1, 0.15) is 6.54 Å². The molecule has 1 N–H and O–H groups in total. The largest absolute Gasteiger partial charge is 0.481 e. The number of anilines is 1. The Morgan fingerprint density at radius 1 is 0.913 bits per heavy atom. The number of aliphatic carboxylic acids is 1. The van der Waals surface area contributed by atoms with Crippen LogP contribution in [-0.2, 0) is 29.2 Å². The number of carboxylic acid groups (broad SMARTS) is 1. The quantitative estimate of drug-likeness (QED) is 0.0799. The average Bonchev–Trinajstić information content (AvgIpc) is 3.40. The molecule has 0 saturated carbocycles. The lowest BCUT2D eigenvalue weighted by molar-refractivity contribution is -0.438. The molecule has 248 valence electrons. The summed E-state index contributed by atoms with van der Waals surface area (Å²) in [4.78, 5) is 13.3. The van der Waals surface area contributed by atoms with Gasteiger partial charge in [-0.2, -0.15) is 4.58 Å². The monoisotopic (exact) mass is 647 g/mol. The molecule has 0 saturated heterocycles. The van der Waals surface area contributed by atoms with Gasteiger partial charge in [0.15, 0.2) is 5.71 Å². The first-order chi connectivity index (χ1) is 22.0. The van der Waals surface area contributed by atoms with Crippen LogP contribution in [0, 0.1) is 0 Å². The van der Waals surface area contributed by atoms with Crippen molar-refractivity contribution in [2.75, 3.05) is 37.4 Å². The van der Waals surface area contributed by atoms with Crippen LogP contribution in [0.15, 0.2) is 84.6 Å². The van der Waals surface area contributed by atoms with Gasteiger partial charge in [0, 0.05) is 53.9 Å². The number of hydrogen-bond acceptors (Lipinski definition) is 5. The van der Waals surface area contributed by atoms with Gasteiger partial charge in [0.05, 0.1) is 24.8 Å². The zero-order valence-electron chi connectivity index (χ0n) is 28.5. The summed E-state index contributed by atoms with van der Waals surface area (Å²) >= 11 is 0. The number of rotatable bonds is 17. The lowest BCUT2D eigenvalue weighted by Crippen LogP contribution is -2.29. The van der Waals surface area contributed by atoms with E-state index in [4.69, 9.17) is 14.2 Å². The Hall–Kier alpha value is -3.25. The predicted octanol–water partition coefficient (Wildman–Crippen LogP) is 9.16. The van der Waals surface area contributed by atoms with Crippen LogP contribution in [0.3, 0.4) is 0 Å². The molecule has 0 radical (unpaired) electrons. The molecule has 0 amide bonds. The Balaban J connectivity index is 1.61. The van der Waals surface area contributed by atoms with Gasteiger partial charge < -0.3 is 19.1 Å². The number of fused-ring (bicyclic) bond motifs is 2. The van der Waals surface area contributed by atoms with Crippen LogP contribution in [0.2, 0.25) is 0 Å². The Morgan fingerprint density at radius 3 is 2.26 bits per heavy atom. The smallest absolute Gasteiger partial charge is 0.330 e. The Labute approximate surface area is 275 Å². The van der Waals surface area contributed by atoms with E-state index in [1.807, 2.05) is 13.8 Å². The molecule has 8 heteroatoms. The van der Waals surface area contributed by atoms with Crippen molar-refractivity contribution in [3.63, 3.8) is 0 Å². The van der Waals surface area contributed by atoms with Crippen molar-refractivity contribution in [3.8, 4) is 0 Å². The fourth-order valence-electron chi connectivity index (χ4n) is 7.00. The summed E-state index contributed by atoms with van der Waals surface area (Å²) in [7, 11) is -3.20. The number of hydrogen-bond donors (Lipinski definition) is 1. The topological polar surface area (TPSA) is 79.1 Å². The normalized spacial score (nSPS) is 20.0. The lowest BCUT2D eigenvalue weighted by Gasteiger charge is -2.31. The zero-order chi connectivity index (χ0) is 33.4. The van der Waals surface area contributed by atoms with Gasteiger partial charge >= 0.3 is 13.6 Å². The first-order valence-electron chi connectivity index (χ1n) is 16.8. The van der Waals surface area contributed by atoms with Crippen molar-refractivity contribution in [1.29, 1.82) is 0 Å². The van der Waals surface area contributed by atoms with Crippen molar-refractivity contribution < 1.29 is 28.1 Å². The highest BCUT2D eigenvalue weighted by Crippen LogP contribution is 2.55. The summed E-state index contributed by atoms with van der Waals surface area (Å²) in [5, 5.41) is 9.02. The van der Waals surface area contributed by atoms with E-state index in [0.29, 0.717) is 32.2 Å². The summed E-state index contributed by atoms with van der Waals surface area (Å²) in [5.41, 5.74) is 6.85. The summed E-state index contributed by atoms with van der Waals surface area (Å²) in [6.45, 7) is 15.0. The standard InChI is InChI=1S/C38H51N2O5P/c1-7-39-33-23-18-16-21-31(33)38(6,27-29-46(43,44-8-2)45-9-3)35(39)25-13-10-12-24-34-37(4,5)30-20-15-17-22-32(30)40(34)28-19-11-14-26-36(41)42/h10,12-13,15-18,20-25H,7-9,11,14,19,26-29H2,1-6H3/p+1. The fourth-order valence-corrected chi connectivity index (χ4v) is 8.84. The molecule has 0 spiro atoms. The Kier molecular flexibility index (Phi) is 12.0. The number of nitrogens with zero attached hydrogens (tertiary/aromatic N) is 2. The third kappa shape index (κ3) is 7.65. The number of likely N-dealkylation sites (N-methyl/N-ethyl adjacent to an activating group) is 1. The minimum absolute atomic E-state index is 0.153. The van der Waals surface area contributed by atoms with Gasteiger partial charge in [-0.25, -0.2) is 0 Å². The molecular weight excluding hydrogens is 595 g/mol. The maximum atomic E-state index is 13.5. The predicted molar refractivity (Wildman–Crippen MR) is 189 cm³/mol. The molecule has 2 aromatic carbocycles. The number of allylic oxidation sites excluding steroid dienone is 6. The molecule has 2 aliphatic rings. The molecule has 2 aromatic rings. The Morgan fingerprint density at radius 2 is 1.59 bits per heavy atom. The number of unbranched alkanes of at least 4 members (excludes halogenated alkanes) is 2. The number of carbonyl (C=O) groups is 1. The number of benzene rings is 2. The first-order valence-corrected chi connectivity index (χ1v) is 18.5. The molecular formula is C38H52N2O5P+. The molecule has 4 rings (SSSR count). The maximum absolute atomic E-state index is 13.5. The van der Waals surface area contributed by atoms with Crippen LogP contribution < -0.4 is 4.90 Å². The second kappa shape index (κ2) is 15.6. The minimum atomic E-state index is -3.20. The van der Waals surface area contributed by atoms with Gasteiger partial charge in [0.2, 0.25) is 5.69 Å². The van der Waals surface area contributed by atoms with Crippen molar-refractivity contribution in [3.05, 3.63) is 95.7 Å². The first kappa shape index (κ1) is 35.6.